The number of aldehydes is 1. The summed E-state index contributed by atoms with van der Waals surface area (Å²) in [7, 11) is 0. The molecule has 0 atom stereocenters. The highest BCUT2D eigenvalue weighted by molar-refractivity contribution is 5.76. The number of amides is 1. The highest BCUT2D eigenvalue weighted by atomic mass is 19.3. The zero-order valence-corrected chi connectivity index (χ0v) is 11.6. The number of alkyl halides is 4. The maximum absolute atomic E-state index is 12.8. The van der Waals surface area contributed by atoms with Crippen molar-refractivity contribution in [2.45, 2.75) is 32.2 Å². The van der Waals surface area contributed by atoms with Crippen LogP contribution in [0.4, 0.5) is 17.6 Å². The molecule has 1 aliphatic heterocycles. The molecule has 0 radical (unpaired) electrons. The van der Waals surface area contributed by atoms with E-state index in [2.05, 4.69) is 5.10 Å². The van der Waals surface area contributed by atoms with Crippen molar-refractivity contribution in [2.24, 2.45) is 5.92 Å². The van der Waals surface area contributed by atoms with Gasteiger partial charge in [0.25, 0.3) is 12.9 Å². The SMILES string of the molecule is O=CC1CCN(C(=O)Cn2nc(C(F)F)cc2C(F)F)CC1. The lowest BCUT2D eigenvalue weighted by molar-refractivity contribution is -0.134. The first-order chi connectivity index (χ1) is 10.4. The summed E-state index contributed by atoms with van der Waals surface area (Å²) in [6.07, 6.45) is -4.11. The molecular formula is C13H15F4N3O2. The second-order valence-electron chi connectivity index (χ2n) is 5.11. The Bertz CT molecular complexity index is 539. The Labute approximate surface area is 123 Å². The summed E-state index contributed by atoms with van der Waals surface area (Å²) in [4.78, 5) is 24.1. The number of piperidine rings is 1. The van der Waals surface area contributed by atoms with Crippen LogP contribution in [0, 0.1) is 5.92 Å². The fraction of sp³-hybridized carbons (Fsp3) is 0.615. The van der Waals surface area contributed by atoms with Gasteiger partial charge in [-0.15, -0.1) is 0 Å². The normalized spacial score (nSPS) is 16.5. The van der Waals surface area contributed by atoms with Crippen LogP contribution in [0.1, 0.15) is 37.1 Å². The molecular weight excluding hydrogens is 306 g/mol. The molecule has 1 aromatic heterocycles. The molecule has 1 aliphatic rings. The van der Waals surface area contributed by atoms with E-state index in [1.807, 2.05) is 0 Å². The number of hydrogen-bond donors (Lipinski definition) is 0. The van der Waals surface area contributed by atoms with Crippen molar-refractivity contribution < 1.29 is 27.2 Å². The Hall–Kier alpha value is -1.93. The molecule has 1 saturated heterocycles. The van der Waals surface area contributed by atoms with E-state index < -0.39 is 36.7 Å². The fourth-order valence-corrected chi connectivity index (χ4v) is 2.37. The van der Waals surface area contributed by atoms with E-state index in [0.29, 0.717) is 36.7 Å². The van der Waals surface area contributed by atoms with Gasteiger partial charge in [-0.2, -0.15) is 5.10 Å². The number of rotatable bonds is 5. The molecule has 2 rings (SSSR count). The van der Waals surface area contributed by atoms with Gasteiger partial charge in [0.15, 0.2) is 0 Å². The summed E-state index contributed by atoms with van der Waals surface area (Å²) in [6, 6.07) is 0.612. The Morgan fingerprint density at radius 2 is 1.91 bits per heavy atom. The van der Waals surface area contributed by atoms with Gasteiger partial charge in [0.05, 0.1) is 0 Å². The van der Waals surface area contributed by atoms with Gasteiger partial charge in [-0.3, -0.25) is 9.48 Å². The van der Waals surface area contributed by atoms with Gasteiger partial charge in [0, 0.05) is 19.0 Å². The first-order valence-electron chi connectivity index (χ1n) is 6.79. The van der Waals surface area contributed by atoms with Crippen molar-refractivity contribution in [3.8, 4) is 0 Å². The molecule has 1 aromatic rings. The Balaban J connectivity index is 2.06. The van der Waals surface area contributed by atoms with Crippen LogP contribution < -0.4 is 0 Å². The van der Waals surface area contributed by atoms with Crippen LogP contribution in [0.2, 0.25) is 0 Å². The topological polar surface area (TPSA) is 55.2 Å². The molecule has 1 amide bonds. The molecule has 0 aromatic carbocycles. The van der Waals surface area contributed by atoms with Gasteiger partial charge < -0.3 is 9.69 Å². The lowest BCUT2D eigenvalue weighted by Gasteiger charge is -2.29. The molecule has 0 aliphatic carbocycles. The number of carbonyl (C=O) groups excluding carboxylic acids is 2. The van der Waals surface area contributed by atoms with Crippen LogP contribution in [0.15, 0.2) is 6.07 Å². The zero-order chi connectivity index (χ0) is 16.3. The van der Waals surface area contributed by atoms with Crippen molar-refractivity contribution in [2.75, 3.05) is 13.1 Å². The fourth-order valence-electron chi connectivity index (χ4n) is 2.37. The van der Waals surface area contributed by atoms with E-state index in [1.165, 1.54) is 4.90 Å². The summed E-state index contributed by atoms with van der Waals surface area (Å²) in [5.74, 6) is -0.578. The third-order valence-electron chi connectivity index (χ3n) is 3.65. The van der Waals surface area contributed by atoms with Gasteiger partial charge >= 0.3 is 0 Å². The van der Waals surface area contributed by atoms with Crippen LogP contribution in [0.25, 0.3) is 0 Å². The average molecular weight is 321 g/mol. The van der Waals surface area contributed by atoms with E-state index in [1.54, 1.807) is 0 Å². The molecule has 0 spiro atoms. The van der Waals surface area contributed by atoms with Gasteiger partial charge in [-0.05, 0) is 18.9 Å². The summed E-state index contributed by atoms with van der Waals surface area (Å²) in [6.45, 7) is 0.169. The van der Waals surface area contributed by atoms with Gasteiger partial charge in [-0.25, -0.2) is 17.6 Å². The summed E-state index contributed by atoms with van der Waals surface area (Å²) < 4.78 is 51.4. The highest BCUT2D eigenvalue weighted by Gasteiger charge is 2.26. The molecule has 122 valence electrons. The second-order valence-corrected chi connectivity index (χ2v) is 5.11. The van der Waals surface area contributed by atoms with Crippen LogP contribution >= 0.6 is 0 Å². The van der Waals surface area contributed by atoms with Crippen molar-refractivity contribution in [1.29, 1.82) is 0 Å². The molecule has 2 heterocycles. The average Bonchev–Trinajstić information content (AvgIpc) is 2.91. The molecule has 9 heteroatoms. The largest absolute Gasteiger partial charge is 0.341 e. The summed E-state index contributed by atoms with van der Waals surface area (Å²) in [5.41, 5.74) is -1.48. The lowest BCUT2D eigenvalue weighted by atomic mass is 9.99. The number of aromatic nitrogens is 2. The predicted octanol–water partition coefficient (Wildman–Crippen LogP) is 2.20. The van der Waals surface area contributed by atoms with Crippen LogP contribution in [0.5, 0.6) is 0 Å². The van der Waals surface area contributed by atoms with Crippen LogP contribution in [0.3, 0.4) is 0 Å². The monoisotopic (exact) mass is 321 g/mol. The molecule has 22 heavy (non-hydrogen) atoms. The maximum Gasteiger partial charge on any atom is 0.282 e. The van der Waals surface area contributed by atoms with Gasteiger partial charge in [-0.1, -0.05) is 0 Å². The molecule has 1 fully saturated rings. The highest BCUT2D eigenvalue weighted by Crippen LogP contribution is 2.25. The Kier molecular flexibility index (Phi) is 5.15. The predicted molar refractivity (Wildman–Crippen MR) is 67.5 cm³/mol. The van der Waals surface area contributed by atoms with Crippen molar-refractivity contribution in [3.63, 3.8) is 0 Å². The third kappa shape index (κ3) is 3.63. The van der Waals surface area contributed by atoms with Crippen molar-refractivity contribution in [1.82, 2.24) is 14.7 Å². The smallest absolute Gasteiger partial charge is 0.282 e. The number of halogens is 4. The summed E-state index contributed by atoms with van der Waals surface area (Å²) >= 11 is 0. The number of hydrogen-bond acceptors (Lipinski definition) is 3. The standard InChI is InChI=1S/C13H15F4N3O2/c14-12(15)9-5-10(13(16)17)20(18-9)6-11(22)19-3-1-8(7-21)2-4-19/h5,7-8,12-13H,1-4,6H2. The molecule has 5 nitrogen and oxygen atoms in total. The molecule has 0 saturated carbocycles. The Morgan fingerprint density at radius 3 is 2.41 bits per heavy atom. The zero-order valence-electron chi connectivity index (χ0n) is 11.6. The van der Waals surface area contributed by atoms with Gasteiger partial charge in [0.1, 0.15) is 24.2 Å². The van der Waals surface area contributed by atoms with E-state index >= 15 is 0 Å². The molecule has 0 unspecified atom stereocenters. The van der Waals surface area contributed by atoms with E-state index in [9.17, 15) is 27.2 Å². The number of nitrogens with zero attached hydrogens (tertiary/aromatic N) is 3. The van der Waals surface area contributed by atoms with Crippen molar-refractivity contribution >= 4 is 12.2 Å². The Morgan fingerprint density at radius 1 is 1.27 bits per heavy atom. The minimum Gasteiger partial charge on any atom is -0.341 e. The van der Waals surface area contributed by atoms with Crippen LogP contribution in [-0.4, -0.2) is 40.0 Å². The molecule has 0 bridgehead atoms. The summed E-state index contributed by atoms with van der Waals surface area (Å²) in [5, 5.41) is 3.38. The maximum atomic E-state index is 12.8. The lowest BCUT2D eigenvalue weighted by Crippen LogP contribution is -2.40. The number of carbonyl (C=O) groups is 2. The second kappa shape index (κ2) is 6.89. The first kappa shape index (κ1) is 16.4. The van der Waals surface area contributed by atoms with E-state index in [-0.39, 0.29) is 5.92 Å². The minimum atomic E-state index is -2.99. The third-order valence-corrected chi connectivity index (χ3v) is 3.65. The van der Waals surface area contributed by atoms with E-state index in [0.717, 1.165) is 6.29 Å². The number of likely N-dealkylation sites (tertiary alicyclic amines) is 1. The first-order valence-corrected chi connectivity index (χ1v) is 6.79. The minimum absolute atomic E-state index is 0.101. The quantitative estimate of drug-likeness (QED) is 0.617. The van der Waals surface area contributed by atoms with Crippen molar-refractivity contribution in [3.05, 3.63) is 17.5 Å². The van der Waals surface area contributed by atoms with E-state index in [4.69, 9.17) is 0 Å². The molecule has 0 N–H and O–H groups in total. The van der Waals surface area contributed by atoms with Crippen LogP contribution in [-0.2, 0) is 16.1 Å². The van der Waals surface area contributed by atoms with Gasteiger partial charge in [0.2, 0.25) is 5.91 Å².